The third-order valence-electron chi connectivity index (χ3n) is 2.42. The van der Waals surface area contributed by atoms with E-state index >= 15 is 0 Å². The number of benzene rings is 1. The van der Waals surface area contributed by atoms with Crippen molar-refractivity contribution in [1.82, 2.24) is 20.3 Å². The number of nitrogens with one attached hydrogen (secondary N) is 1. The Hall–Kier alpha value is -1.79. The van der Waals surface area contributed by atoms with Crippen molar-refractivity contribution < 1.29 is 4.79 Å². The van der Waals surface area contributed by atoms with Crippen LogP contribution in [0.15, 0.2) is 24.5 Å². The highest BCUT2D eigenvalue weighted by molar-refractivity contribution is 6.43. The number of nitrogens with zero attached hydrogens (tertiary/aromatic N) is 3. The summed E-state index contributed by atoms with van der Waals surface area (Å²) in [6, 6.07) is 2.96. The number of nitrogen functional groups attached to an aromatic ring is 1. The van der Waals surface area contributed by atoms with Gasteiger partial charge in [0, 0.05) is 18.3 Å². The molecule has 2 rings (SSSR count). The summed E-state index contributed by atoms with van der Waals surface area (Å²) in [5, 5.41) is 10.7. The quantitative estimate of drug-likeness (QED) is 0.840. The van der Waals surface area contributed by atoms with Crippen molar-refractivity contribution in [3.8, 4) is 0 Å². The van der Waals surface area contributed by atoms with E-state index in [1.165, 1.54) is 12.1 Å². The highest BCUT2D eigenvalue weighted by atomic mass is 35.5. The molecule has 6 nitrogen and oxygen atoms in total. The van der Waals surface area contributed by atoms with E-state index in [-0.39, 0.29) is 21.6 Å². The molecule has 0 saturated heterocycles. The summed E-state index contributed by atoms with van der Waals surface area (Å²) in [7, 11) is 0. The fraction of sp³-hybridized carbons (Fsp3) is 0.182. The molecule has 0 unspecified atom stereocenters. The molecular weight excluding hydrogens is 289 g/mol. The van der Waals surface area contributed by atoms with Crippen molar-refractivity contribution in [1.29, 1.82) is 0 Å². The molecule has 0 aliphatic heterocycles. The fourth-order valence-corrected chi connectivity index (χ4v) is 1.82. The Kier molecular flexibility index (Phi) is 4.24. The van der Waals surface area contributed by atoms with Gasteiger partial charge in [-0.1, -0.05) is 28.4 Å². The second kappa shape index (κ2) is 5.90. The molecule has 0 atom stereocenters. The number of aromatic nitrogens is 3. The highest BCUT2D eigenvalue weighted by Crippen LogP contribution is 2.29. The molecule has 0 spiro atoms. The molecule has 2 aromatic rings. The van der Waals surface area contributed by atoms with Crippen LogP contribution in [0.5, 0.6) is 0 Å². The third kappa shape index (κ3) is 3.36. The first-order chi connectivity index (χ1) is 9.08. The van der Waals surface area contributed by atoms with E-state index in [1.807, 2.05) is 0 Å². The summed E-state index contributed by atoms with van der Waals surface area (Å²) in [4.78, 5) is 11.9. The number of amides is 1. The predicted molar refractivity (Wildman–Crippen MR) is 73.2 cm³/mol. The van der Waals surface area contributed by atoms with E-state index in [0.29, 0.717) is 18.7 Å². The van der Waals surface area contributed by atoms with Crippen LogP contribution in [-0.2, 0) is 6.54 Å². The van der Waals surface area contributed by atoms with E-state index in [0.717, 1.165) is 0 Å². The van der Waals surface area contributed by atoms with Crippen molar-refractivity contribution >= 4 is 34.8 Å². The lowest BCUT2D eigenvalue weighted by molar-refractivity contribution is 0.0952. The molecule has 3 N–H and O–H groups in total. The van der Waals surface area contributed by atoms with Gasteiger partial charge in [0.1, 0.15) is 0 Å². The first kappa shape index (κ1) is 13.6. The van der Waals surface area contributed by atoms with Gasteiger partial charge in [0.05, 0.1) is 28.5 Å². The van der Waals surface area contributed by atoms with Crippen molar-refractivity contribution in [3.63, 3.8) is 0 Å². The molecule has 0 aliphatic rings. The van der Waals surface area contributed by atoms with Gasteiger partial charge < -0.3 is 11.1 Å². The minimum atomic E-state index is -0.273. The van der Waals surface area contributed by atoms with Gasteiger partial charge in [0.25, 0.3) is 5.91 Å². The molecule has 0 bridgehead atoms. The van der Waals surface area contributed by atoms with Gasteiger partial charge in [0.2, 0.25) is 0 Å². The van der Waals surface area contributed by atoms with E-state index < -0.39 is 0 Å². The van der Waals surface area contributed by atoms with E-state index in [4.69, 9.17) is 28.9 Å². The topological polar surface area (TPSA) is 85.8 Å². The third-order valence-corrected chi connectivity index (χ3v) is 3.23. The van der Waals surface area contributed by atoms with E-state index in [9.17, 15) is 4.79 Å². The van der Waals surface area contributed by atoms with Crippen LogP contribution in [0.3, 0.4) is 0 Å². The normalized spacial score (nSPS) is 10.4. The maximum Gasteiger partial charge on any atom is 0.251 e. The van der Waals surface area contributed by atoms with Crippen molar-refractivity contribution in [2.45, 2.75) is 6.54 Å². The Morgan fingerprint density at radius 2 is 2.21 bits per heavy atom. The Labute approximate surface area is 119 Å². The van der Waals surface area contributed by atoms with Gasteiger partial charge in [-0.15, -0.1) is 5.10 Å². The summed E-state index contributed by atoms with van der Waals surface area (Å²) < 4.78 is 1.61. The monoisotopic (exact) mass is 299 g/mol. The standard InChI is InChI=1S/C11H11Cl2N5O/c12-8-5-7(6-9(14)10(8)13)11(19)15-1-3-18-4-2-16-17-18/h2,4-6H,1,3,14H2,(H,15,19). The Morgan fingerprint density at radius 3 is 2.84 bits per heavy atom. The average Bonchev–Trinajstić information content (AvgIpc) is 2.88. The van der Waals surface area contributed by atoms with Gasteiger partial charge in [-0.25, -0.2) is 0 Å². The van der Waals surface area contributed by atoms with Crippen LogP contribution in [0, 0.1) is 0 Å². The first-order valence-electron chi connectivity index (χ1n) is 5.44. The van der Waals surface area contributed by atoms with Crippen LogP contribution in [0.2, 0.25) is 10.0 Å². The van der Waals surface area contributed by atoms with Crippen LogP contribution < -0.4 is 11.1 Å². The number of carbonyl (C=O) groups is 1. The van der Waals surface area contributed by atoms with Gasteiger partial charge in [-0.3, -0.25) is 9.48 Å². The maximum atomic E-state index is 11.9. The molecule has 0 fully saturated rings. The van der Waals surface area contributed by atoms with Gasteiger partial charge in [-0.05, 0) is 12.1 Å². The summed E-state index contributed by atoms with van der Waals surface area (Å²) >= 11 is 11.7. The molecule has 1 amide bonds. The predicted octanol–water partition coefficient (Wildman–Crippen LogP) is 1.60. The van der Waals surface area contributed by atoms with Gasteiger partial charge in [0.15, 0.2) is 0 Å². The lowest BCUT2D eigenvalue weighted by atomic mass is 10.2. The Balaban J connectivity index is 1.96. The van der Waals surface area contributed by atoms with Crippen LogP contribution in [0.4, 0.5) is 5.69 Å². The number of nitrogens with two attached hydrogens (primary N) is 1. The smallest absolute Gasteiger partial charge is 0.251 e. The van der Waals surface area contributed by atoms with Crippen LogP contribution >= 0.6 is 23.2 Å². The second-order valence-electron chi connectivity index (χ2n) is 3.78. The van der Waals surface area contributed by atoms with E-state index in [2.05, 4.69) is 15.6 Å². The molecule has 0 aliphatic carbocycles. The SMILES string of the molecule is Nc1cc(C(=O)NCCn2ccnn2)cc(Cl)c1Cl. The molecule has 1 heterocycles. The summed E-state index contributed by atoms with van der Waals surface area (Å²) in [5.41, 5.74) is 6.29. The number of hydrogen-bond donors (Lipinski definition) is 2. The average molecular weight is 300 g/mol. The number of hydrogen-bond acceptors (Lipinski definition) is 4. The zero-order valence-electron chi connectivity index (χ0n) is 9.81. The molecular formula is C11H11Cl2N5O. The van der Waals surface area contributed by atoms with Crippen LogP contribution in [0.25, 0.3) is 0 Å². The van der Waals surface area contributed by atoms with Crippen molar-refractivity contribution in [2.24, 2.45) is 0 Å². The minimum Gasteiger partial charge on any atom is -0.397 e. The van der Waals surface area contributed by atoms with E-state index in [1.54, 1.807) is 17.1 Å². The molecule has 8 heteroatoms. The lowest BCUT2D eigenvalue weighted by Crippen LogP contribution is -2.27. The lowest BCUT2D eigenvalue weighted by Gasteiger charge is -2.07. The van der Waals surface area contributed by atoms with Crippen LogP contribution in [-0.4, -0.2) is 27.4 Å². The molecule has 1 aromatic carbocycles. The maximum absolute atomic E-state index is 11.9. The summed E-state index contributed by atoms with van der Waals surface area (Å²) in [6.07, 6.45) is 3.28. The Morgan fingerprint density at radius 1 is 1.42 bits per heavy atom. The Bertz CT molecular complexity index is 562. The molecule has 1 aromatic heterocycles. The van der Waals surface area contributed by atoms with Gasteiger partial charge >= 0.3 is 0 Å². The van der Waals surface area contributed by atoms with Gasteiger partial charge in [-0.2, -0.15) is 0 Å². The zero-order valence-corrected chi connectivity index (χ0v) is 11.3. The highest BCUT2D eigenvalue weighted by Gasteiger charge is 2.10. The molecule has 0 saturated carbocycles. The molecule has 100 valence electrons. The van der Waals surface area contributed by atoms with Crippen molar-refractivity contribution in [3.05, 3.63) is 40.1 Å². The minimum absolute atomic E-state index is 0.251. The second-order valence-corrected chi connectivity index (χ2v) is 4.57. The molecule has 19 heavy (non-hydrogen) atoms. The molecule has 0 radical (unpaired) electrons. The number of rotatable bonds is 4. The number of halogens is 2. The van der Waals surface area contributed by atoms with Crippen LogP contribution in [0.1, 0.15) is 10.4 Å². The largest absolute Gasteiger partial charge is 0.397 e. The zero-order chi connectivity index (χ0) is 13.8. The fourth-order valence-electron chi connectivity index (χ4n) is 1.48. The van der Waals surface area contributed by atoms with Crippen molar-refractivity contribution in [2.75, 3.05) is 12.3 Å². The number of carbonyl (C=O) groups excluding carboxylic acids is 1. The first-order valence-corrected chi connectivity index (χ1v) is 6.20. The summed E-state index contributed by atoms with van der Waals surface area (Å²) in [6.45, 7) is 0.949. The number of anilines is 1. The summed E-state index contributed by atoms with van der Waals surface area (Å²) in [5.74, 6) is -0.273.